The molecule has 9 heteroatoms. The first-order valence-electron chi connectivity index (χ1n) is 10.1. The molecule has 2 aliphatic heterocycles. The molecular weight excluding hydrogens is 427 g/mol. The number of aryl methyl sites for hydroxylation is 2. The first kappa shape index (κ1) is 26.7. The number of methoxy groups -OCH3 is 1. The Labute approximate surface area is 191 Å². The number of carbonyl (C=O) groups excluding carboxylic acids is 2. The van der Waals surface area contributed by atoms with Crippen molar-refractivity contribution in [2.75, 3.05) is 58.2 Å². The average molecular weight is 461 g/mol. The summed E-state index contributed by atoms with van der Waals surface area (Å²) in [5.41, 5.74) is 2.34. The summed E-state index contributed by atoms with van der Waals surface area (Å²) in [7, 11) is 1.64. The smallest absolute Gasteiger partial charge is 0.254 e. The topological polar surface area (TPSA) is 73.9 Å². The van der Waals surface area contributed by atoms with Gasteiger partial charge in [0.1, 0.15) is 5.60 Å². The van der Waals surface area contributed by atoms with Gasteiger partial charge in [0.15, 0.2) is 0 Å². The van der Waals surface area contributed by atoms with Gasteiger partial charge in [0, 0.05) is 39.0 Å². The van der Waals surface area contributed by atoms with Crippen LogP contribution in [0.2, 0.25) is 0 Å². The lowest BCUT2D eigenvalue weighted by Gasteiger charge is -2.42. The van der Waals surface area contributed by atoms with Crippen molar-refractivity contribution in [3.05, 3.63) is 29.3 Å². The molecule has 30 heavy (non-hydrogen) atoms. The Kier molecular flexibility index (Phi) is 10.5. The molecule has 0 aromatic heterocycles. The molecule has 7 nitrogen and oxygen atoms in total. The van der Waals surface area contributed by atoms with Crippen molar-refractivity contribution in [2.45, 2.75) is 32.3 Å². The number of hydrogen-bond acceptors (Lipinski definition) is 5. The number of anilines is 1. The van der Waals surface area contributed by atoms with E-state index >= 15 is 0 Å². The van der Waals surface area contributed by atoms with E-state index in [2.05, 4.69) is 15.5 Å². The molecule has 0 spiro atoms. The molecule has 2 saturated heterocycles. The lowest BCUT2D eigenvalue weighted by Crippen LogP contribution is -2.59. The van der Waals surface area contributed by atoms with Crippen LogP contribution in [0.3, 0.4) is 0 Å². The molecule has 0 bridgehead atoms. The van der Waals surface area contributed by atoms with E-state index in [-0.39, 0.29) is 36.6 Å². The first-order valence-corrected chi connectivity index (χ1v) is 10.1. The highest BCUT2D eigenvalue weighted by atomic mass is 35.5. The third-order valence-electron chi connectivity index (χ3n) is 5.96. The fourth-order valence-corrected chi connectivity index (χ4v) is 4.13. The molecule has 1 aromatic carbocycles. The Morgan fingerprint density at radius 2 is 1.63 bits per heavy atom. The van der Waals surface area contributed by atoms with Gasteiger partial charge in [-0.3, -0.25) is 14.5 Å². The molecular formula is C21H34Cl2N4O3. The molecule has 2 heterocycles. The van der Waals surface area contributed by atoms with Crippen LogP contribution in [0.25, 0.3) is 0 Å². The third kappa shape index (κ3) is 6.08. The van der Waals surface area contributed by atoms with E-state index in [0.717, 1.165) is 29.9 Å². The average Bonchev–Trinajstić information content (AvgIpc) is 2.71. The second kappa shape index (κ2) is 11.9. The lowest BCUT2D eigenvalue weighted by molar-refractivity contribution is -0.160. The molecule has 0 radical (unpaired) electrons. The first-order chi connectivity index (χ1) is 13.4. The van der Waals surface area contributed by atoms with Gasteiger partial charge in [0.05, 0.1) is 6.54 Å². The number of nitrogens with one attached hydrogen (secondary N) is 2. The summed E-state index contributed by atoms with van der Waals surface area (Å²) < 4.78 is 5.67. The van der Waals surface area contributed by atoms with Gasteiger partial charge in [-0.15, -0.1) is 24.8 Å². The van der Waals surface area contributed by atoms with E-state index in [4.69, 9.17) is 4.74 Å². The molecule has 170 valence electrons. The minimum Gasteiger partial charge on any atom is -0.368 e. The van der Waals surface area contributed by atoms with Crippen molar-refractivity contribution >= 4 is 42.3 Å². The molecule has 2 aliphatic rings. The Bertz CT molecular complexity index is 698. The number of piperazine rings is 1. The number of carbonyl (C=O) groups is 2. The van der Waals surface area contributed by atoms with E-state index in [1.807, 2.05) is 36.9 Å². The van der Waals surface area contributed by atoms with Crippen molar-refractivity contribution in [1.29, 1.82) is 0 Å². The summed E-state index contributed by atoms with van der Waals surface area (Å²) in [6.45, 7) is 8.61. The summed E-state index contributed by atoms with van der Waals surface area (Å²) in [5.74, 6) is 0.0834. The maximum Gasteiger partial charge on any atom is 0.254 e. The van der Waals surface area contributed by atoms with Crippen LogP contribution in [-0.4, -0.2) is 80.1 Å². The molecule has 2 amide bonds. The van der Waals surface area contributed by atoms with Crippen LogP contribution >= 0.6 is 24.8 Å². The maximum atomic E-state index is 13.0. The number of halogens is 2. The van der Waals surface area contributed by atoms with Crippen LogP contribution < -0.4 is 10.6 Å². The fraction of sp³-hybridized carbons (Fsp3) is 0.619. The van der Waals surface area contributed by atoms with Crippen molar-refractivity contribution in [2.24, 2.45) is 0 Å². The lowest BCUT2D eigenvalue weighted by atomic mass is 9.90. The van der Waals surface area contributed by atoms with E-state index < -0.39 is 5.60 Å². The predicted octanol–water partition coefficient (Wildman–Crippen LogP) is 2.00. The Morgan fingerprint density at radius 3 is 2.17 bits per heavy atom. The van der Waals surface area contributed by atoms with Crippen molar-refractivity contribution < 1.29 is 14.3 Å². The number of amides is 2. The van der Waals surface area contributed by atoms with Crippen molar-refractivity contribution in [1.82, 2.24) is 15.1 Å². The summed E-state index contributed by atoms with van der Waals surface area (Å²) in [5, 5.41) is 6.32. The van der Waals surface area contributed by atoms with Gasteiger partial charge >= 0.3 is 0 Å². The molecule has 2 fully saturated rings. The summed E-state index contributed by atoms with van der Waals surface area (Å²) in [4.78, 5) is 29.5. The zero-order chi connectivity index (χ0) is 20.1. The molecule has 0 aliphatic carbocycles. The van der Waals surface area contributed by atoms with E-state index in [1.165, 1.54) is 0 Å². The highest BCUT2D eigenvalue weighted by Gasteiger charge is 2.43. The number of benzene rings is 1. The highest BCUT2D eigenvalue weighted by Crippen LogP contribution is 2.26. The Balaban J connectivity index is 0.00000225. The molecule has 1 aromatic rings. The summed E-state index contributed by atoms with van der Waals surface area (Å²) >= 11 is 0. The number of piperidine rings is 1. The molecule has 3 rings (SSSR count). The minimum atomic E-state index is -0.687. The quantitative estimate of drug-likeness (QED) is 0.702. The fourth-order valence-electron chi connectivity index (χ4n) is 4.13. The van der Waals surface area contributed by atoms with Crippen LogP contribution in [0.5, 0.6) is 0 Å². The number of ether oxygens (including phenoxy) is 1. The van der Waals surface area contributed by atoms with Crippen molar-refractivity contribution in [3.8, 4) is 0 Å². The van der Waals surface area contributed by atoms with Gasteiger partial charge in [0.2, 0.25) is 5.91 Å². The Morgan fingerprint density at radius 1 is 1.07 bits per heavy atom. The number of hydrogen-bond donors (Lipinski definition) is 2. The monoisotopic (exact) mass is 460 g/mol. The van der Waals surface area contributed by atoms with Gasteiger partial charge in [0.25, 0.3) is 5.91 Å². The van der Waals surface area contributed by atoms with Gasteiger partial charge in [-0.05, 0) is 50.9 Å². The zero-order valence-electron chi connectivity index (χ0n) is 18.0. The summed E-state index contributed by atoms with van der Waals surface area (Å²) in [6.07, 6.45) is 1.42. The maximum absolute atomic E-state index is 13.0. The van der Waals surface area contributed by atoms with Crippen LogP contribution in [0, 0.1) is 13.8 Å². The van der Waals surface area contributed by atoms with Gasteiger partial charge in [-0.1, -0.05) is 18.2 Å². The predicted molar refractivity (Wildman–Crippen MR) is 124 cm³/mol. The number of rotatable bonds is 5. The molecule has 2 N–H and O–H groups in total. The number of para-hydroxylation sites is 1. The Hall–Kier alpha value is -1.38. The van der Waals surface area contributed by atoms with Crippen molar-refractivity contribution in [3.63, 3.8) is 0 Å². The molecule has 0 saturated carbocycles. The van der Waals surface area contributed by atoms with Gasteiger partial charge in [-0.25, -0.2) is 0 Å². The normalized spacial score (nSPS) is 18.7. The second-order valence-electron chi connectivity index (χ2n) is 7.83. The zero-order valence-corrected chi connectivity index (χ0v) is 19.7. The van der Waals surface area contributed by atoms with Crippen LogP contribution in [-0.2, 0) is 14.3 Å². The highest BCUT2D eigenvalue weighted by molar-refractivity contribution is 5.93. The van der Waals surface area contributed by atoms with Gasteiger partial charge in [-0.2, -0.15) is 0 Å². The summed E-state index contributed by atoms with van der Waals surface area (Å²) in [6, 6.07) is 5.99. The SMILES string of the molecule is COC1(C(=O)N2CCN(CC(=O)Nc3c(C)cccc3C)CC2)CCNCC1.Cl.Cl. The largest absolute Gasteiger partial charge is 0.368 e. The molecule has 0 atom stereocenters. The van der Waals surface area contributed by atoms with E-state index in [9.17, 15) is 9.59 Å². The minimum absolute atomic E-state index is 0. The van der Waals surface area contributed by atoms with E-state index in [1.54, 1.807) is 7.11 Å². The number of nitrogens with zero attached hydrogens (tertiary/aromatic N) is 2. The third-order valence-corrected chi connectivity index (χ3v) is 5.96. The molecule has 0 unspecified atom stereocenters. The van der Waals surface area contributed by atoms with Gasteiger partial charge < -0.3 is 20.3 Å². The van der Waals surface area contributed by atoms with E-state index in [0.29, 0.717) is 45.6 Å². The van der Waals surface area contributed by atoms with Crippen LogP contribution in [0.15, 0.2) is 18.2 Å². The van der Waals surface area contributed by atoms with Crippen LogP contribution in [0.1, 0.15) is 24.0 Å². The van der Waals surface area contributed by atoms with Crippen LogP contribution in [0.4, 0.5) is 5.69 Å². The second-order valence-corrected chi connectivity index (χ2v) is 7.83. The standard InChI is InChI=1S/C21H32N4O3.2ClH/c1-16-5-4-6-17(2)19(16)23-18(26)15-24-11-13-25(14-12-24)20(27)21(28-3)7-9-22-10-8-21;;/h4-6,22H,7-15H2,1-3H3,(H,23,26);2*1H.